The van der Waals surface area contributed by atoms with Gasteiger partial charge < -0.3 is 10.1 Å². The van der Waals surface area contributed by atoms with Gasteiger partial charge in [0.2, 0.25) is 0 Å². The van der Waals surface area contributed by atoms with E-state index in [2.05, 4.69) is 41.5 Å². The summed E-state index contributed by atoms with van der Waals surface area (Å²) >= 11 is 0. The third-order valence-electron chi connectivity index (χ3n) is 5.70. The van der Waals surface area contributed by atoms with Crippen LogP contribution in [0.3, 0.4) is 0 Å². The van der Waals surface area contributed by atoms with Crippen molar-refractivity contribution in [3.8, 4) is 11.4 Å². The highest BCUT2D eigenvalue weighted by molar-refractivity contribution is 5.95. The first-order valence-corrected chi connectivity index (χ1v) is 10.8. The molecule has 0 saturated carbocycles. The summed E-state index contributed by atoms with van der Waals surface area (Å²) in [5.41, 5.74) is 7.45. The molecule has 1 N–H and O–H groups in total. The first-order chi connectivity index (χ1) is 15.3. The average Bonchev–Trinajstić information content (AvgIpc) is 3.17. The molecule has 1 aromatic heterocycles. The van der Waals surface area contributed by atoms with Crippen molar-refractivity contribution in [2.24, 2.45) is 0 Å². The Bertz CT molecular complexity index is 1270. The molecule has 0 spiro atoms. The van der Waals surface area contributed by atoms with Crippen LogP contribution in [0.15, 0.2) is 54.6 Å². The van der Waals surface area contributed by atoms with Crippen LogP contribution in [0.4, 0.5) is 5.69 Å². The minimum Gasteiger partial charge on any atom is -0.483 e. The smallest absolute Gasteiger partial charge is 0.262 e. The number of benzene rings is 3. The molecule has 6 nitrogen and oxygen atoms in total. The van der Waals surface area contributed by atoms with Gasteiger partial charge in [-0.3, -0.25) is 4.79 Å². The maximum Gasteiger partial charge on any atom is 0.262 e. The van der Waals surface area contributed by atoms with Gasteiger partial charge in [-0.1, -0.05) is 38.1 Å². The number of hydrogen-bond acceptors (Lipinski definition) is 4. The Labute approximate surface area is 188 Å². The molecule has 4 aromatic rings. The molecule has 0 bridgehead atoms. The molecule has 1 heterocycles. The summed E-state index contributed by atoms with van der Waals surface area (Å²) in [6.07, 6.45) is 0. The highest BCUT2D eigenvalue weighted by Crippen LogP contribution is 2.24. The van der Waals surface area contributed by atoms with Crippen molar-refractivity contribution in [1.82, 2.24) is 15.0 Å². The van der Waals surface area contributed by atoms with Gasteiger partial charge in [-0.05, 0) is 79.3 Å². The largest absolute Gasteiger partial charge is 0.483 e. The van der Waals surface area contributed by atoms with Crippen molar-refractivity contribution < 1.29 is 9.53 Å². The number of anilines is 1. The molecule has 0 radical (unpaired) electrons. The van der Waals surface area contributed by atoms with Crippen LogP contribution in [-0.2, 0) is 4.79 Å². The van der Waals surface area contributed by atoms with Crippen LogP contribution < -0.4 is 10.1 Å². The highest BCUT2D eigenvalue weighted by atomic mass is 16.5. The fraction of sp³-hybridized carbons (Fsp3) is 0.269. The fourth-order valence-corrected chi connectivity index (χ4v) is 3.52. The number of ether oxygens (including phenoxy) is 1. The second-order valence-corrected chi connectivity index (χ2v) is 8.43. The van der Waals surface area contributed by atoms with Crippen molar-refractivity contribution in [2.75, 3.05) is 11.9 Å². The van der Waals surface area contributed by atoms with E-state index in [1.165, 1.54) is 5.56 Å². The highest BCUT2D eigenvalue weighted by Gasteiger charge is 2.12. The van der Waals surface area contributed by atoms with Crippen LogP contribution >= 0.6 is 0 Å². The van der Waals surface area contributed by atoms with Crippen molar-refractivity contribution in [2.45, 2.75) is 40.5 Å². The topological polar surface area (TPSA) is 69.0 Å². The minimum atomic E-state index is -0.218. The number of rotatable bonds is 6. The zero-order chi connectivity index (χ0) is 22.8. The van der Waals surface area contributed by atoms with E-state index in [-0.39, 0.29) is 12.5 Å². The second-order valence-electron chi connectivity index (χ2n) is 8.43. The monoisotopic (exact) mass is 428 g/mol. The summed E-state index contributed by atoms with van der Waals surface area (Å²) in [7, 11) is 0. The lowest BCUT2D eigenvalue weighted by Gasteiger charge is -2.12. The van der Waals surface area contributed by atoms with E-state index in [4.69, 9.17) is 4.74 Å². The Kier molecular flexibility index (Phi) is 5.95. The number of nitrogens with one attached hydrogen (secondary N) is 1. The van der Waals surface area contributed by atoms with Crippen molar-refractivity contribution in [1.29, 1.82) is 0 Å². The van der Waals surface area contributed by atoms with Gasteiger partial charge in [-0.25, -0.2) is 0 Å². The predicted molar refractivity (Wildman–Crippen MR) is 128 cm³/mol. The Morgan fingerprint density at radius 1 is 0.969 bits per heavy atom. The number of amides is 1. The Hall–Kier alpha value is -3.67. The van der Waals surface area contributed by atoms with E-state index < -0.39 is 0 Å². The van der Waals surface area contributed by atoms with Crippen LogP contribution in [0.5, 0.6) is 5.75 Å². The number of nitrogens with zero attached hydrogens (tertiary/aromatic N) is 3. The molecule has 0 aliphatic heterocycles. The van der Waals surface area contributed by atoms with Gasteiger partial charge in [0.1, 0.15) is 16.8 Å². The molecule has 0 unspecified atom stereocenters. The standard InChI is InChI=1S/C26H28N4O2/c1-16(2)20-9-11-21(12-10-20)30-28-23-13-18(4)22(14-24(23)29-30)27-26(31)15-32-25-8-6-7-17(3)19(25)5/h6-14,16H,15H2,1-5H3,(H,27,31). The summed E-state index contributed by atoms with van der Waals surface area (Å²) in [6, 6.07) is 17.8. The zero-order valence-corrected chi connectivity index (χ0v) is 19.1. The average molecular weight is 429 g/mol. The van der Waals surface area contributed by atoms with E-state index in [1.807, 2.05) is 63.2 Å². The fourth-order valence-electron chi connectivity index (χ4n) is 3.52. The van der Waals surface area contributed by atoms with Gasteiger partial charge in [0, 0.05) is 5.69 Å². The molecule has 0 aliphatic rings. The van der Waals surface area contributed by atoms with Gasteiger partial charge in [0.25, 0.3) is 5.91 Å². The molecule has 4 rings (SSSR count). The number of carbonyl (C=O) groups excluding carboxylic acids is 1. The molecule has 0 fully saturated rings. The third-order valence-corrected chi connectivity index (χ3v) is 5.70. The van der Waals surface area contributed by atoms with Crippen molar-refractivity contribution >= 4 is 22.6 Å². The summed E-state index contributed by atoms with van der Waals surface area (Å²) < 4.78 is 5.72. The number of carbonyl (C=O) groups is 1. The van der Waals surface area contributed by atoms with Crippen LogP contribution in [0.25, 0.3) is 16.7 Å². The molecule has 6 heteroatoms. The Morgan fingerprint density at radius 2 is 1.66 bits per heavy atom. The molecule has 32 heavy (non-hydrogen) atoms. The van der Waals surface area contributed by atoms with Crippen molar-refractivity contribution in [3.05, 3.63) is 76.9 Å². The maximum atomic E-state index is 12.5. The number of aryl methyl sites for hydroxylation is 2. The van der Waals surface area contributed by atoms with Gasteiger partial charge in [-0.2, -0.15) is 4.80 Å². The lowest BCUT2D eigenvalue weighted by Crippen LogP contribution is -2.21. The molecule has 164 valence electrons. The van der Waals surface area contributed by atoms with E-state index in [0.29, 0.717) is 17.1 Å². The molecule has 1 amide bonds. The van der Waals surface area contributed by atoms with Gasteiger partial charge in [-0.15, -0.1) is 10.2 Å². The summed E-state index contributed by atoms with van der Waals surface area (Å²) in [5.74, 6) is 0.977. The lowest BCUT2D eigenvalue weighted by atomic mass is 10.0. The predicted octanol–water partition coefficient (Wildman–Crippen LogP) is 5.49. The molecule has 0 saturated heterocycles. The van der Waals surface area contributed by atoms with E-state index in [0.717, 1.165) is 33.6 Å². The van der Waals surface area contributed by atoms with Gasteiger partial charge in [0.05, 0.1) is 5.69 Å². The minimum absolute atomic E-state index is 0.0589. The quantitative estimate of drug-likeness (QED) is 0.441. The summed E-state index contributed by atoms with van der Waals surface area (Å²) in [5, 5.41) is 12.1. The second kappa shape index (κ2) is 8.83. The van der Waals surface area contributed by atoms with Crippen LogP contribution in [0.2, 0.25) is 0 Å². The van der Waals surface area contributed by atoms with Gasteiger partial charge >= 0.3 is 0 Å². The van der Waals surface area contributed by atoms with E-state index in [1.54, 1.807) is 4.80 Å². The van der Waals surface area contributed by atoms with Crippen molar-refractivity contribution in [3.63, 3.8) is 0 Å². The van der Waals surface area contributed by atoms with E-state index >= 15 is 0 Å². The first-order valence-electron chi connectivity index (χ1n) is 10.8. The van der Waals surface area contributed by atoms with E-state index in [9.17, 15) is 4.79 Å². The van der Waals surface area contributed by atoms with Crippen LogP contribution in [0.1, 0.15) is 42.0 Å². The Morgan fingerprint density at radius 3 is 2.34 bits per heavy atom. The number of hydrogen-bond donors (Lipinski definition) is 1. The van der Waals surface area contributed by atoms with Crippen LogP contribution in [-0.4, -0.2) is 27.5 Å². The normalized spacial score (nSPS) is 11.2. The molecular weight excluding hydrogens is 400 g/mol. The van der Waals surface area contributed by atoms with Crippen LogP contribution in [0, 0.1) is 20.8 Å². The maximum absolute atomic E-state index is 12.5. The lowest BCUT2D eigenvalue weighted by molar-refractivity contribution is -0.118. The zero-order valence-electron chi connectivity index (χ0n) is 19.1. The molecule has 0 atom stereocenters. The summed E-state index contributed by atoms with van der Waals surface area (Å²) in [4.78, 5) is 14.1. The van der Waals surface area contributed by atoms with Gasteiger partial charge in [0.15, 0.2) is 6.61 Å². The third kappa shape index (κ3) is 4.49. The number of aromatic nitrogens is 3. The summed E-state index contributed by atoms with van der Waals surface area (Å²) in [6.45, 7) is 10.2. The molecular formula is C26H28N4O2. The molecule has 3 aromatic carbocycles. The SMILES string of the molecule is Cc1cc2nn(-c3ccc(C(C)C)cc3)nc2cc1NC(=O)COc1cccc(C)c1C. The molecule has 0 aliphatic carbocycles. The Balaban J connectivity index is 1.50. The first kappa shape index (κ1) is 21.6. The number of fused-ring (bicyclic) bond motifs is 1.